The predicted molar refractivity (Wildman–Crippen MR) is 69.6 cm³/mol. The predicted octanol–water partition coefficient (Wildman–Crippen LogP) is 2.49. The maximum absolute atomic E-state index is 3.58. The minimum atomic E-state index is 0.745. The minimum absolute atomic E-state index is 0.745. The van der Waals surface area contributed by atoms with Crippen molar-refractivity contribution < 1.29 is 0 Å². The fraction of sp³-hybridized carbons (Fsp3) is 1.00. The fourth-order valence-corrected chi connectivity index (χ4v) is 3.39. The zero-order chi connectivity index (χ0) is 11.5. The van der Waals surface area contributed by atoms with Gasteiger partial charge in [-0.05, 0) is 77.9 Å². The van der Waals surface area contributed by atoms with Crippen molar-refractivity contribution in [3.05, 3.63) is 0 Å². The molecule has 2 heterocycles. The number of rotatable bonds is 3. The summed E-state index contributed by atoms with van der Waals surface area (Å²) in [5, 5.41) is 3.58. The zero-order valence-corrected chi connectivity index (χ0v) is 11.2. The van der Waals surface area contributed by atoms with E-state index in [0.717, 1.165) is 23.9 Å². The molecular formula is C14H28N2. The summed E-state index contributed by atoms with van der Waals surface area (Å²) < 4.78 is 0. The van der Waals surface area contributed by atoms with Gasteiger partial charge in [-0.2, -0.15) is 0 Å². The lowest BCUT2D eigenvalue weighted by Crippen LogP contribution is -2.38. The van der Waals surface area contributed by atoms with Crippen LogP contribution in [0.25, 0.3) is 0 Å². The number of piperidine rings is 1. The van der Waals surface area contributed by atoms with Crippen molar-refractivity contribution >= 4 is 0 Å². The average Bonchev–Trinajstić information content (AvgIpc) is 2.65. The Hall–Kier alpha value is -0.0800. The number of nitrogens with zero attached hydrogens (tertiary/aromatic N) is 1. The molecule has 2 unspecified atom stereocenters. The fourth-order valence-electron chi connectivity index (χ4n) is 3.39. The molecule has 0 amide bonds. The van der Waals surface area contributed by atoms with Crippen molar-refractivity contribution in [1.29, 1.82) is 0 Å². The molecule has 0 aromatic carbocycles. The minimum Gasteiger partial charge on any atom is -0.314 e. The molecule has 1 N–H and O–H groups in total. The van der Waals surface area contributed by atoms with Crippen LogP contribution in [0.3, 0.4) is 0 Å². The van der Waals surface area contributed by atoms with Crippen LogP contribution in [0.1, 0.15) is 46.5 Å². The number of hydrogen-bond donors (Lipinski definition) is 1. The zero-order valence-electron chi connectivity index (χ0n) is 11.2. The van der Waals surface area contributed by atoms with Crippen LogP contribution in [-0.4, -0.2) is 36.6 Å². The first-order valence-electron chi connectivity index (χ1n) is 7.12. The van der Waals surface area contributed by atoms with Crippen LogP contribution in [0.5, 0.6) is 0 Å². The van der Waals surface area contributed by atoms with Crippen molar-refractivity contribution in [1.82, 2.24) is 10.2 Å². The molecule has 0 saturated carbocycles. The first kappa shape index (κ1) is 12.4. The Balaban J connectivity index is 1.69. The van der Waals surface area contributed by atoms with Gasteiger partial charge < -0.3 is 10.2 Å². The monoisotopic (exact) mass is 224 g/mol. The van der Waals surface area contributed by atoms with E-state index in [2.05, 4.69) is 31.0 Å². The van der Waals surface area contributed by atoms with E-state index in [1.165, 1.54) is 45.3 Å². The summed E-state index contributed by atoms with van der Waals surface area (Å²) in [6.07, 6.45) is 5.75. The molecule has 2 saturated heterocycles. The third kappa shape index (κ3) is 3.21. The first-order chi connectivity index (χ1) is 7.65. The van der Waals surface area contributed by atoms with Crippen molar-refractivity contribution in [2.75, 3.05) is 19.6 Å². The van der Waals surface area contributed by atoms with E-state index in [1.807, 2.05) is 0 Å². The molecule has 2 heteroatoms. The molecule has 0 radical (unpaired) electrons. The van der Waals surface area contributed by atoms with E-state index in [-0.39, 0.29) is 0 Å². The SMILES string of the molecule is CC1CC(CC2CCN(C(C)C)CC2)CN1. The van der Waals surface area contributed by atoms with Crippen LogP contribution in [0.2, 0.25) is 0 Å². The summed E-state index contributed by atoms with van der Waals surface area (Å²) in [5.74, 6) is 1.97. The van der Waals surface area contributed by atoms with Gasteiger partial charge in [0.05, 0.1) is 0 Å². The molecule has 2 aliphatic heterocycles. The smallest absolute Gasteiger partial charge is 0.00419 e. The molecule has 16 heavy (non-hydrogen) atoms. The second-order valence-corrected chi connectivity index (χ2v) is 6.22. The Labute approximate surface area is 101 Å². The van der Waals surface area contributed by atoms with Crippen LogP contribution in [0.4, 0.5) is 0 Å². The first-order valence-corrected chi connectivity index (χ1v) is 7.12. The normalized spacial score (nSPS) is 33.8. The molecule has 2 fully saturated rings. The quantitative estimate of drug-likeness (QED) is 0.792. The standard InChI is InChI=1S/C14H28N2/c1-11(2)16-6-4-13(5-7-16)9-14-8-12(3)15-10-14/h11-15H,4-10H2,1-3H3. The van der Waals surface area contributed by atoms with Crippen LogP contribution >= 0.6 is 0 Å². The summed E-state index contributed by atoms with van der Waals surface area (Å²) >= 11 is 0. The summed E-state index contributed by atoms with van der Waals surface area (Å²) in [7, 11) is 0. The van der Waals surface area contributed by atoms with Gasteiger partial charge in [0, 0.05) is 12.1 Å². The van der Waals surface area contributed by atoms with Gasteiger partial charge in [-0.1, -0.05) is 0 Å². The Morgan fingerprint density at radius 2 is 1.88 bits per heavy atom. The van der Waals surface area contributed by atoms with Crippen molar-refractivity contribution in [3.8, 4) is 0 Å². The highest BCUT2D eigenvalue weighted by Crippen LogP contribution is 2.28. The second-order valence-electron chi connectivity index (χ2n) is 6.22. The highest BCUT2D eigenvalue weighted by atomic mass is 15.1. The Morgan fingerprint density at radius 1 is 1.19 bits per heavy atom. The molecule has 0 aliphatic carbocycles. The van der Waals surface area contributed by atoms with Gasteiger partial charge in [0.2, 0.25) is 0 Å². The van der Waals surface area contributed by atoms with E-state index in [4.69, 9.17) is 0 Å². The second kappa shape index (κ2) is 5.50. The van der Waals surface area contributed by atoms with Gasteiger partial charge in [0.1, 0.15) is 0 Å². The number of nitrogens with one attached hydrogen (secondary N) is 1. The molecule has 0 spiro atoms. The molecule has 0 bridgehead atoms. The third-order valence-corrected chi connectivity index (χ3v) is 4.49. The maximum Gasteiger partial charge on any atom is 0.00419 e. The average molecular weight is 224 g/mol. The molecule has 2 atom stereocenters. The molecular weight excluding hydrogens is 196 g/mol. The summed E-state index contributed by atoms with van der Waals surface area (Å²) in [5.41, 5.74) is 0. The molecule has 94 valence electrons. The molecule has 2 nitrogen and oxygen atoms in total. The van der Waals surface area contributed by atoms with Gasteiger partial charge in [-0.15, -0.1) is 0 Å². The Bertz CT molecular complexity index is 207. The van der Waals surface area contributed by atoms with E-state index in [9.17, 15) is 0 Å². The van der Waals surface area contributed by atoms with Gasteiger partial charge in [-0.25, -0.2) is 0 Å². The lowest BCUT2D eigenvalue weighted by Gasteiger charge is -2.35. The highest BCUT2D eigenvalue weighted by Gasteiger charge is 2.26. The summed E-state index contributed by atoms with van der Waals surface area (Å²) in [6, 6.07) is 1.51. The molecule has 0 aromatic rings. The lowest BCUT2D eigenvalue weighted by molar-refractivity contribution is 0.138. The van der Waals surface area contributed by atoms with Crippen molar-refractivity contribution in [2.24, 2.45) is 11.8 Å². The van der Waals surface area contributed by atoms with Gasteiger partial charge in [-0.3, -0.25) is 0 Å². The largest absolute Gasteiger partial charge is 0.314 e. The topological polar surface area (TPSA) is 15.3 Å². The van der Waals surface area contributed by atoms with Gasteiger partial charge in [0.25, 0.3) is 0 Å². The number of hydrogen-bond acceptors (Lipinski definition) is 2. The highest BCUT2D eigenvalue weighted by molar-refractivity contribution is 4.82. The molecule has 2 aliphatic rings. The Kier molecular flexibility index (Phi) is 4.26. The third-order valence-electron chi connectivity index (χ3n) is 4.49. The lowest BCUT2D eigenvalue weighted by atomic mass is 9.86. The van der Waals surface area contributed by atoms with E-state index in [0.29, 0.717) is 0 Å². The van der Waals surface area contributed by atoms with Gasteiger partial charge >= 0.3 is 0 Å². The molecule has 2 rings (SSSR count). The van der Waals surface area contributed by atoms with E-state index >= 15 is 0 Å². The Morgan fingerprint density at radius 3 is 2.38 bits per heavy atom. The van der Waals surface area contributed by atoms with E-state index in [1.54, 1.807) is 0 Å². The van der Waals surface area contributed by atoms with E-state index < -0.39 is 0 Å². The number of likely N-dealkylation sites (tertiary alicyclic amines) is 1. The summed E-state index contributed by atoms with van der Waals surface area (Å²) in [6.45, 7) is 10.9. The molecule has 0 aromatic heterocycles. The maximum atomic E-state index is 3.58. The van der Waals surface area contributed by atoms with Crippen LogP contribution in [0.15, 0.2) is 0 Å². The van der Waals surface area contributed by atoms with Crippen LogP contribution in [-0.2, 0) is 0 Å². The summed E-state index contributed by atoms with van der Waals surface area (Å²) in [4.78, 5) is 2.63. The van der Waals surface area contributed by atoms with Crippen LogP contribution < -0.4 is 5.32 Å². The van der Waals surface area contributed by atoms with Gasteiger partial charge in [0.15, 0.2) is 0 Å². The van der Waals surface area contributed by atoms with Crippen molar-refractivity contribution in [3.63, 3.8) is 0 Å². The van der Waals surface area contributed by atoms with Crippen molar-refractivity contribution in [2.45, 2.75) is 58.5 Å². The van der Waals surface area contributed by atoms with Crippen LogP contribution in [0, 0.1) is 11.8 Å².